The molecule has 0 aliphatic rings. The number of hydrogen-bond donors (Lipinski definition) is 1. The molecule has 0 fully saturated rings. The van der Waals surface area contributed by atoms with Gasteiger partial charge in [0.15, 0.2) is 0 Å². The van der Waals surface area contributed by atoms with Crippen LogP contribution in [0.15, 0.2) is 5.03 Å². The fraction of sp³-hybridized carbons (Fsp3) is 0.455. The van der Waals surface area contributed by atoms with E-state index in [0.717, 1.165) is 4.90 Å². The van der Waals surface area contributed by atoms with Gasteiger partial charge in [0.05, 0.1) is 11.3 Å². The lowest BCUT2D eigenvalue weighted by Crippen LogP contribution is -2.33. The maximum Gasteiger partial charge on any atom is 0.323 e. The molecule has 0 aliphatic heterocycles. The Morgan fingerprint density at radius 1 is 1.33 bits per heavy atom. The van der Waals surface area contributed by atoms with Gasteiger partial charge in [-0.3, -0.25) is 9.59 Å². The highest BCUT2D eigenvalue weighted by Gasteiger charge is 2.21. The third kappa shape index (κ3) is 3.19. The van der Waals surface area contributed by atoms with Crippen LogP contribution in [-0.2, 0) is 4.79 Å². The van der Waals surface area contributed by atoms with Crippen LogP contribution < -0.4 is 0 Å². The lowest BCUT2D eigenvalue weighted by molar-refractivity contribution is -0.137. The fourth-order valence-electron chi connectivity index (χ4n) is 1.54. The molecular weight excluding hydrogens is 254 g/mol. The standard InChI is InChI=1S/C11H15N3O3S/c1-6-9(10(18-4)13-7(2)12-6)11(17)14(3)5-8(15)16/h5H2,1-4H3,(H,15,16). The first-order valence-electron chi connectivity index (χ1n) is 5.23. The minimum Gasteiger partial charge on any atom is -0.480 e. The second kappa shape index (κ2) is 5.81. The number of thioether (sulfide) groups is 1. The molecule has 7 heteroatoms. The lowest BCUT2D eigenvalue weighted by Gasteiger charge is -2.17. The second-order valence-corrected chi connectivity index (χ2v) is 4.59. The molecule has 0 saturated carbocycles. The Kier molecular flexibility index (Phi) is 4.66. The number of carboxylic acid groups (broad SMARTS) is 1. The molecule has 1 heterocycles. The van der Waals surface area contributed by atoms with E-state index in [-0.39, 0.29) is 12.5 Å². The Morgan fingerprint density at radius 2 is 1.94 bits per heavy atom. The van der Waals surface area contributed by atoms with Gasteiger partial charge in [-0.1, -0.05) is 0 Å². The molecule has 0 spiro atoms. The van der Waals surface area contributed by atoms with Gasteiger partial charge in [-0.15, -0.1) is 11.8 Å². The molecule has 1 N–H and O–H groups in total. The van der Waals surface area contributed by atoms with Crippen molar-refractivity contribution in [3.8, 4) is 0 Å². The summed E-state index contributed by atoms with van der Waals surface area (Å²) < 4.78 is 0. The topological polar surface area (TPSA) is 83.4 Å². The molecule has 0 radical (unpaired) electrons. The molecule has 0 aliphatic carbocycles. The van der Waals surface area contributed by atoms with Crippen molar-refractivity contribution >= 4 is 23.6 Å². The first-order chi connectivity index (χ1) is 8.36. The van der Waals surface area contributed by atoms with Crippen LogP contribution in [0.5, 0.6) is 0 Å². The van der Waals surface area contributed by atoms with Crippen LogP contribution in [0.2, 0.25) is 0 Å². The van der Waals surface area contributed by atoms with E-state index in [1.54, 1.807) is 13.8 Å². The van der Waals surface area contributed by atoms with Gasteiger partial charge in [-0.25, -0.2) is 9.97 Å². The summed E-state index contributed by atoms with van der Waals surface area (Å²) in [5, 5.41) is 9.26. The maximum atomic E-state index is 12.2. The van der Waals surface area contributed by atoms with Crippen LogP contribution in [-0.4, -0.2) is 51.7 Å². The SMILES string of the molecule is CSc1nc(C)nc(C)c1C(=O)N(C)CC(=O)O. The van der Waals surface area contributed by atoms with Crippen LogP contribution in [0.1, 0.15) is 21.9 Å². The molecule has 1 aromatic rings. The fourth-order valence-corrected chi connectivity index (χ4v) is 2.20. The van der Waals surface area contributed by atoms with Crippen LogP contribution in [0.25, 0.3) is 0 Å². The van der Waals surface area contributed by atoms with Crippen molar-refractivity contribution in [1.29, 1.82) is 0 Å². The minimum absolute atomic E-state index is 0.347. The number of aliphatic carboxylic acids is 1. The van der Waals surface area contributed by atoms with Gasteiger partial charge < -0.3 is 10.0 Å². The summed E-state index contributed by atoms with van der Waals surface area (Å²) in [5.74, 6) is -0.837. The van der Waals surface area contributed by atoms with Crippen molar-refractivity contribution in [2.24, 2.45) is 0 Å². The van der Waals surface area contributed by atoms with Crippen molar-refractivity contribution in [2.75, 3.05) is 19.8 Å². The summed E-state index contributed by atoms with van der Waals surface area (Å²) in [5.41, 5.74) is 0.936. The summed E-state index contributed by atoms with van der Waals surface area (Å²) in [6.45, 7) is 3.12. The molecule has 1 amide bonds. The number of carbonyl (C=O) groups excluding carboxylic acids is 1. The van der Waals surface area contributed by atoms with E-state index in [1.807, 2.05) is 6.26 Å². The zero-order valence-electron chi connectivity index (χ0n) is 10.7. The van der Waals surface area contributed by atoms with Crippen molar-refractivity contribution in [3.05, 3.63) is 17.1 Å². The predicted octanol–water partition coefficient (Wildman–Crippen LogP) is 0.972. The van der Waals surface area contributed by atoms with E-state index < -0.39 is 5.97 Å². The molecule has 0 unspecified atom stereocenters. The van der Waals surface area contributed by atoms with Crippen molar-refractivity contribution < 1.29 is 14.7 Å². The van der Waals surface area contributed by atoms with Gasteiger partial charge >= 0.3 is 5.97 Å². The lowest BCUT2D eigenvalue weighted by atomic mass is 10.2. The van der Waals surface area contributed by atoms with E-state index >= 15 is 0 Å². The highest BCUT2D eigenvalue weighted by Crippen LogP contribution is 2.21. The van der Waals surface area contributed by atoms with Crippen LogP contribution in [0.4, 0.5) is 0 Å². The molecule has 0 atom stereocenters. The number of carbonyl (C=O) groups is 2. The second-order valence-electron chi connectivity index (χ2n) is 3.80. The molecule has 1 rings (SSSR count). The summed E-state index contributed by atoms with van der Waals surface area (Å²) in [4.78, 5) is 32.2. The third-order valence-electron chi connectivity index (χ3n) is 2.29. The number of rotatable bonds is 4. The van der Waals surface area contributed by atoms with Crippen LogP contribution in [0, 0.1) is 13.8 Å². The molecule has 18 heavy (non-hydrogen) atoms. The van der Waals surface area contributed by atoms with Gasteiger partial charge in [0.1, 0.15) is 17.4 Å². The average molecular weight is 269 g/mol. The summed E-state index contributed by atoms with van der Waals surface area (Å²) in [6.07, 6.45) is 1.81. The quantitative estimate of drug-likeness (QED) is 0.648. The Balaban J connectivity index is 3.16. The van der Waals surface area contributed by atoms with Gasteiger partial charge in [0.2, 0.25) is 0 Å². The van der Waals surface area contributed by atoms with Crippen molar-refractivity contribution in [3.63, 3.8) is 0 Å². The minimum atomic E-state index is -1.05. The number of carboxylic acids is 1. The number of hydrogen-bond acceptors (Lipinski definition) is 5. The molecule has 0 saturated heterocycles. The monoisotopic (exact) mass is 269 g/mol. The highest BCUT2D eigenvalue weighted by atomic mass is 32.2. The maximum absolute atomic E-state index is 12.2. The van der Waals surface area contributed by atoms with Crippen molar-refractivity contribution in [1.82, 2.24) is 14.9 Å². The van der Waals surface area contributed by atoms with Crippen LogP contribution in [0.3, 0.4) is 0 Å². The number of aryl methyl sites for hydroxylation is 2. The summed E-state index contributed by atoms with van der Waals surface area (Å²) >= 11 is 1.34. The number of likely N-dealkylation sites (N-methyl/N-ethyl adjacent to an activating group) is 1. The zero-order valence-corrected chi connectivity index (χ0v) is 11.5. The highest BCUT2D eigenvalue weighted by molar-refractivity contribution is 7.98. The Labute approximate surface area is 109 Å². The van der Waals surface area contributed by atoms with Gasteiger partial charge in [0, 0.05) is 7.05 Å². The number of nitrogens with zero attached hydrogens (tertiary/aromatic N) is 3. The summed E-state index contributed by atoms with van der Waals surface area (Å²) in [6, 6.07) is 0. The first-order valence-corrected chi connectivity index (χ1v) is 6.45. The van der Waals surface area contributed by atoms with E-state index in [2.05, 4.69) is 9.97 Å². The van der Waals surface area contributed by atoms with Gasteiger partial charge in [-0.2, -0.15) is 0 Å². The van der Waals surface area contributed by atoms with E-state index in [4.69, 9.17) is 5.11 Å². The Hall–Kier alpha value is -1.63. The molecule has 6 nitrogen and oxygen atoms in total. The van der Waals surface area contributed by atoms with E-state index in [1.165, 1.54) is 18.8 Å². The first kappa shape index (κ1) is 14.4. The zero-order chi connectivity index (χ0) is 13.9. The third-order valence-corrected chi connectivity index (χ3v) is 2.98. The average Bonchev–Trinajstić information content (AvgIpc) is 2.26. The predicted molar refractivity (Wildman–Crippen MR) is 67.9 cm³/mol. The smallest absolute Gasteiger partial charge is 0.323 e. The molecular formula is C11H15N3O3S. The molecule has 0 bridgehead atoms. The summed E-state index contributed by atoms with van der Waals surface area (Å²) in [7, 11) is 1.44. The van der Waals surface area contributed by atoms with Gasteiger partial charge in [-0.05, 0) is 20.1 Å². The Morgan fingerprint density at radius 3 is 2.44 bits per heavy atom. The molecule has 0 aromatic carbocycles. The van der Waals surface area contributed by atoms with Crippen molar-refractivity contribution in [2.45, 2.75) is 18.9 Å². The van der Waals surface area contributed by atoms with E-state index in [9.17, 15) is 9.59 Å². The van der Waals surface area contributed by atoms with Gasteiger partial charge in [0.25, 0.3) is 5.91 Å². The van der Waals surface area contributed by atoms with E-state index in [0.29, 0.717) is 22.1 Å². The molecule has 1 aromatic heterocycles. The Bertz CT molecular complexity index is 491. The largest absolute Gasteiger partial charge is 0.480 e. The van der Waals surface area contributed by atoms with Crippen LogP contribution >= 0.6 is 11.8 Å². The number of aromatic nitrogens is 2. The normalized spacial score (nSPS) is 10.2. The number of amides is 1. The molecule has 98 valence electrons.